The number of allylic oxidation sites excluding steroid dienone is 1. The van der Waals surface area contributed by atoms with Gasteiger partial charge in [-0.15, -0.1) is 0 Å². The van der Waals surface area contributed by atoms with Gasteiger partial charge in [0.2, 0.25) is 0 Å². The molecule has 0 saturated carbocycles. The highest BCUT2D eigenvalue weighted by Crippen LogP contribution is 2.34. The summed E-state index contributed by atoms with van der Waals surface area (Å²) in [7, 11) is -3.52. The van der Waals surface area contributed by atoms with Gasteiger partial charge in [-0.2, -0.15) is 23.3 Å². The van der Waals surface area contributed by atoms with Gasteiger partial charge in [0.1, 0.15) is 5.50 Å². The van der Waals surface area contributed by atoms with Gasteiger partial charge in [-0.25, -0.2) is 0 Å². The number of benzene rings is 1. The summed E-state index contributed by atoms with van der Waals surface area (Å²) in [5, 5.41) is 6.77. The molecule has 1 aromatic rings. The van der Waals surface area contributed by atoms with Crippen LogP contribution >= 0.6 is 11.6 Å². The van der Waals surface area contributed by atoms with Crippen LogP contribution in [0.25, 0.3) is 0 Å². The Hall–Kier alpha value is -1.61. The molecular weight excluding hydrogens is 424 g/mol. The molecule has 0 amide bonds. The number of aryl methyl sites for hydroxylation is 1. The van der Waals surface area contributed by atoms with Gasteiger partial charge in [-0.1, -0.05) is 30.7 Å². The lowest BCUT2D eigenvalue weighted by Gasteiger charge is -2.24. The molecule has 30 heavy (non-hydrogen) atoms. The lowest BCUT2D eigenvalue weighted by atomic mass is 10.1. The third kappa shape index (κ3) is 5.55. The second-order valence-corrected chi connectivity index (χ2v) is 9.73. The molecule has 1 saturated heterocycles. The molecule has 1 atom stereocenters. The van der Waals surface area contributed by atoms with E-state index in [1.54, 1.807) is 6.92 Å². The van der Waals surface area contributed by atoms with E-state index >= 15 is 0 Å². The van der Waals surface area contributed by atoms with Crippen LogP contribution in [0.2, 0.25) is 0 Å². The highest BCUT2D eigenvalue weighted by molar-refractivity contribution is 7.86. The molecule has 2 heterocycles. The van der Waals surface area contributed by atoms with Crippen molar-refractivity contribution in [3.8, 4) is 0 Å². The van der Waals surface area contributed by atoms with Crippen molar-refractivity contribution in [3.63, 3.8) is 0 Å². The Labute approximate surface area is 184 Å². The minimum Gasteiger partial charge on any atom is -0.358 e. The summed E-state index contributed by atoms with van der Waals surface area (Å²) in [6.45, 7) is 8.08. The second-order valence-electron chi connectivity index (χ2n) is 7.54. The molecule has 0 radical (unpaired) electrons. The highest BCUT2D eigenvalue weighted by atomic mass is 35.5. The van der Waals surface area contributed by atoms with Crippen molar-refractivity contribution >= 4 is 33.1 Å². The third-order valence-corrected chi connectivity index (χ3v) is 7.05. The molecule has 3 rings (SSSR count). The van der Waals surface area contributed by atoms with E-state index in [2.05, 4.69) is 28.5 Å². The number of halogens is 1. The first kappa shape index (κ1) is 23.1. The van der Waals surface area contributed by atoms with E-state index < -0.39 is 10.1 Å². The topological polar surface area (TPSA) is 74.2 Å². The molecule has 1 fully saturated rings. The quantitative estimate of drug-likeness (QED) is 0.349. The molecule has 2 aliphatic heterocycles. The Morgan fingerprint density at radius 2 is 2.00 bits per heavy atom. The Balaban J connectivity index is 1.60. The molecule has 1 aromatic carbocycles. The highest BCUT2D eigenvalue weighted by Gasteiger charge is 2.31. The number of hydrazone groups is 1. The van der Waals surface area contributed by atoms with Gasteiger partial charge in [-0.05, 0) is 57.2 Å². The van der Waals surface area contributed by atoms with Crippen LogP contribution in [0.1, 0.15) is 45.6 Å². The van der Waals surface area contributed by atoms with Crippen molar-refractivity contribution in [2.24, 2.45) is 5.10 Å². The Morgan fingerprint density at radius 3 is 2.67 bits per heavy atom. The number of likely N-dealkylation sites (tertiary alicyclic amines) is 1. The van der Waals surface area contributed by atoms with Gasteiger partial charge >= 0.3 is 0 Å². The number of nitrogens with one attached hydrogen (secondary N) is 1. The molecule has 0 aliphatic carbocycles. The predicted octanol–water partition coefficient (Wildman–Crippen LogP) is 3.62. The van der Waals surface area contributed by atoms with Gasteiger partial charge in [0, 0.05) is 24.4 Å². The average molecular weight is 455 g/mol. The van der Waals surface area contributed by atoms with Crippen LogP contribution < -0.4 is 10.5 Å². The van der Waals surface area contributed by atoms with Gasteiger partial charge in [0.15, 0.2) is 0 Å². The maximum atomic E-state index is 11.7. The molecule has 1 N–H and O–H groups in total. The number of nitrogens with zero attached hydrogens (tertiary/aromatic N) is 3. The van der Waals surface area contributed by atoms with E-state index in [-0.39, 0.29) is 11.3 Å². The van der Waals surface area contributed by atoms with Gasteiger partial charge in [-0.3, -0.25) is 5.01 Å². The van der Waals surface area contributed by atoms with Crippen LogP contribution in [0, 0.1) is 0 Å². The number of rotatable bonds is 9. The smallest absolute Gasteiger partial charge is 0.283 e. The van der Waals surface area contributed by atoms with Gasteiger partial charge < -0.3 is 4.90 Å². The van der Waals surface area contributed by atoms with Gasteiger partial charge in [0.25, 0.3) is 10.1 Å². The van der Waals surface area contributed by atoms with E-state index in [4.69, 9.17) is 16.7 Å². The number of hydrogen-bond donors (Lipinski definition) is 1. The largest absolute Gasteiger partial charge is 0.358 e. The van der Waals surface area contributed by atoms with Crippen molar-refractivity contribution in [1.82, 2.24) is 10.4 Å². The van der Waals surface area contributed by atoms with Crippen LogP contribution in [0.5, 0.6) is 0 Å². The summed E-state index contributed by atoms with van der Waals surface area (Å²) >= 11 is 6.45. The summed E-state index contributed by atoms with van der Waals surface area (Å²) in [6, 6.07) is 8.15. The van der Waals surface area contributed by atoms with Crippen LogP contribution in [0.3, 0.4) is 0 Å². The van der Waals surface area contributed by atoms with Crippen LogP contribution in [0.15, 0.2) is 40.6 Å². The molecular formula is C21H31ClN4O3S. The molecule has 2 aliphatic rings. The molecule has 7 nitrogen and oxygen atoms in total. The van der Waals surface area contributed by atoms with Crippen molar-refractivity contribution in [1.29, 1.82) is 0 Å². The first-order valence-corrected chi connectivity index (χ1v) is 12.5. The van der Waals surface area contributed by atoms with E-state index in [0.29, 0.717) is 19.4 Å². The standard InChI is InChI=1S/C21H31ClN4O3S/c1-4-23-29-30(27,28)14-6-7-17-8-10-18(11-9-17)26-15-19(16(3)24-26)20-12-13-21(22)25(20)5-2/h8-11,21,23H,4-7,12-15H2,1-3H3. The normalized spacial score (nSPS) is 22.1. The van der Waals surface area contributed by atoms with Crippen LogP contribution in [-0.4, -0.2) is 49.9 Å². The zero-order chi connectivity index (χ0) is 21.7. The maximum Gasteiger partial charge on any atom is 0.283 e. The third-order valence-electron chi connectivity index (χ3n) is 5.43. The zero-order valence-electron chi connectivity index (χ0n) is 17.9. The zero-order valence-corrected chi connectivity index (χ0v) is 19.5. The fraction of sp³-hybridized carbons (Fsp3) is 0.571. The van der Waals surface area contributed by atoms with Crippen molar-refractivity contribution in [3.05, 3.63) is 41.1 Å². The van der Waals surface area contributed by atoms with Gasteiger partial charge in [0.05, 0.1) is 23.7 Å². The van der Waals surface area contributed by atoms with E-state index in [1.807, 2.05) is 29.3 Å². The summed E-state index contributed by atoms with van der Waals surface area (Å²) < 4.78 is 28.1. The minimum atomic E-state index is -3.52. The monoisotopic (exact) mass is 454 g/mol. The summed E-state index contributed by atoms with van der Waals surface area (Å²) in [6.07, 6.45) is 3.16. The van der Waals surface area contributed by atoms with E-state index in [1.165, 1.54) is 11.3 Å². The number of hydroxylamine groups is 1. The SMILES string of the molecule is CCNOS(=O)(=O)CCCc1ccc(N2CC(=C3CCC(Cl)N3CC)C(C)=N2)cc1. The van der Waals surface area contributed by atoms with Crippen LogP contribution in [-0.2, 0) is 20.8 Å². The molecule has 1 unspecified atom stereocenters. The fourth-order valence-corrected chi connectivity index (χ4v) is 5.15. The van der Waals surface area contributed by atoms with E-state index in [9.17, 15) is 8.42 Å². The number of hydrogen-bond acceptors (Lipinski definition) is 7. The predicted molar refractivity (Wildman–Crippen MR) is 122 cm³/mol. The van der Waals surface area contributed by atoms with Crippen molar-refractivity contribution < 1.29 is 12.7 Å². The molecule has 9 heteroatoms. The molecule has 166 valence electrons. The first-order valence-electron chi connectivity index (χ1n) is 10.5. The Kier molecular flexibility index (Phi) is 7.79. The number of alkyl halides is 1. The lowest BCUT2D eigenvalue weighted by Crippen LogP contribution is -2.26. The van der Waals surface area contributed by atoms with Crippen molar-refractivity contribution in [2.45, 2.75) is 52.0 Å². The molecule has 0 bridgehead atoms. The summed E-state index contributed by atoms with van der Waals surface area (Å²) in [5.41, 5.74) is 8.22. The minimum absolute atomic E-state index is 0.0101. The second kappa shape index (κ2) is 10.1. The van der Waals surface area contributed by atoms with Crippen LogP contribution in [0.4, 0.5) is 5.69 Å². The average Bonchev–Trinajstić information content (AvgIpc) is 3.28. The van der Waals surface area contributed by atoms with E-state index in [0.717, 1.165) is 42.9 Å². The fourth-order valence-electron chi connectivity index (χ4n) is 3.91. The molecule has 0 aromatic heterocycles. The Bertz CT molecular complexity index is 899. The first-order chi connectivity index (χ1) is 14.3. The summed E-state index contributed by atoms with van der Waals surface area (Å²) in [5.74, 6) is -0.0101. The Morgan fingerprint density at radius 1 is 1.27 bits per heavy atom. The molecule has 0 spiro atoms. The summed E-state index contributed by atoms with van der Waals surface area (Å²) in [4.78, 5) is 2.27. The van der Waals surface area contributed by atoms with Crippen molar-refractivity contribution in [2.75, 3.05) is 30.4 Å². The maximum absolute atomic E-state index is 11.7. The number of anilines is 1. The lowest BCUT2D eigenvalue weighted by molar-refractivity contribution is 0.210.